The van der Waals surface area contributed by atoms with Crippen LogP contribution in [0.25, 0.3) is 0 Å². The van der Waals surface area contributed by atoms with Crippen molar-refractivity contribution in [3.05, 3.63) is 57.9 Å². The van der Waals surface area contributed by atoms with Crippen molar-refractivity contribution in [3.8, 4) is 11.5 Å². The van der Waals surface area contributed by atoms with Gasteiger partial charge in [-0.2, -0.15) is 0 Å². The molecule has 2 aromatic carbocycles. The lowest BCUT2D eigenvalue weighted by Gasteiger charge is -2.12. The Morgan fingerprint density at radius 1 is 1.33 bits per heavy atom. The monoisotopic (exact) mass is 334 g/mol. The van der Waals surface area contributed by atoms with E-state index in [1.165, 1.54) is 24.3 Å². The Morgan fingerprint density at radius 2 is 2.04 bits per heavy atom. The highest BCUT2D eigenvalue weighted by Gasteiger charge is 2.25. The number of carbonyl (C=O) groups excluding carboxylic acids is 1. The molecule has 2 aromatic rings. The number of ether oxygens (including phenoxy) is 1. The minimum Gasteiger partial charge on any atom is -0.502 e. The second-order valence-corrected chi connectivity index (χ2v) is 5.19. The number of para-hydroxylation sites is 1. The number of hydrogen-bond donors (Lipinski definition) is 2. The number of benzene rings is 2. The Morgan fingerprint density at radius 3 is 2.62 bits per heavy atom. The average molecular weight is 334 g/mol. The maximum atomic E-state index is 14.0. The summed E-state index contributed by atoms with van der Waals surface area (Å²) in [6.07, 6.45) is -0.139. The lowest BCUT2D eigenvalue weighted by molar-refractivity contribution is -0.386. The number of aromatic hydroxyl groups is 1. The molecular formula is C16H15FN2O5. The highest BCUT2D eigenvalue weighted by Crippen LogP contribution is 2.30. The summed E-state index contributed by atoms with van der Waals surface area (Å²) >= 11 is 0. The molecule has 0 aliphatic rings. The van der Waals surface area contributed by atoms with Crippen molar-refractivity contribution < 1.29 is 24.0 Å². The van der Waals surface area contributed by atoms with Gasteiger partial charge >= 0.3 is 5.69 Å². The number of amides is 1. The van der Waals surface area contributed by atoms with Gasteiger partial charge in [0.1, 0.15) is 17.1 Å². The van der Waals surface area contributed by atoms with E-state index in [2.05, 4.69) is 5.32 Å². The SMILES string of the molecule is CC(C)Oc1ccc(NC(=O)c2cccc(O)c2[N+](=O)[O-])c(F)c1. The zero-order valence-electron chi connectivity index (χ0n) is 12.9. The van der Waals surface area contributed by atoms with Crippen LogP contribution >= 0.6 is 0 Å². The van der Waals surface area contributed by atoms with Crippen LogP contribution in [0.5, 0.6) is 11.5 Å². The summed E-state index contributed by atoms with van der Waals surface area (Å²) in [6.45, 7) is 3.57. The van der Waals surface area contributed by atoms with Gasteiger partial charge in [0.05, 0.1) is 16.7 Å². The van der Waals surface area contributed by atoms with Crippen molar-refractivity contribution in [3.63, 3.8) is 0 Å². The van der Waals surface area contributed by atoms with Gasteiger partial charge in [-0.25, -0.2) is 4.39 Å². The molecule has 0 saturated heterocycles. The Labute approximate surface area is 136 Å². The number of anilines is 1. The molecule has 0 aromatic heterocycles. The second-order valence-electron chi connectivity index (χ2n) is 5.19. The van der Waals surface area contributed by atoms with Crippen molar-refractivity contribution in [1.82, 2.24) is 0 Å². The normalized spacial score (nSPS) is 10.5. The number of nitro groups is 1. The summed E-state index contributed by atoms with van der Waals surface area (Å²) in [5.74, 6) is -2.00. The van der Waals surface area contributed by atoms with Gasteiger partial charge in [-0.3, -0.25) is 14.9 Å². The highest BCUT2D eigenvalue weighted by atomic mass is 19.1. The molecule has 2 rings (SSSR count). The molecule has 2 N–H and O–H groups in total. The van der Waals surface area contributed by atoms with Crippen LogP contribution in [-0.4, -0.2) is 22.0 Å². The summed E-state index contributed by atoms with van der Waals surface area (Å²) in [7, 11) is 0. The molecule has 0 atom stereocenters. The van der Waals surface area contributed by atoms with Crippen LogP contribution in [0.4, 0.5) is 15.8 Å². The number of nitrogens with zero attached hydrogens (tertiary/aromatic N) is 1. The predicted molar refractivity (Wildman–Crippen MR) is 84.9 cm³/mol. The summed E-state index contributed by atoms with van der Waals surface area (Å²) in [6, 6.07) is 7.41. The molecule has 0 radical (unpaired) electrons. The Hall–Kier alpha value is -3.16. The maximum Gasteiger partial charge on any atom is 0.323 e. The van der Waals surface area contributed by atoms with Crippen LogP contribution in [0.1, 0.15) is 24.2 Å². The van der Waals surface area contributed by atoms with E-state index < -0.39 is 28.1 Å². The van der Waals surface area contributed by atoms with Gasteiger partial charge in [0.25, 0.3) is 5.91 Å². The molecule has 7 nitrogen and oxygen atoms in total. The van der Waals surface area contributed by atoms with Crippen molar-refractivity contribution in [1.29, 1.82) is 0 Å². The van der Waals surface area contributed by atoms with E-state index in [-0.39, 0.29) is 17.4 Å². The van der Waals surface area contributed by atoms with Crippen LogP contribution in [-0.2, 0) is 0 Å². The fraction of sp³-hybridized carbons (Fsp3) is 0.188. The van der Waals surface area contributed by atoms with Gasteiger partial charge in [-0.1, -0.05) is 6.07 Å². The fourth-order valence-electron chi connectivity index (χ4n) is 2.04. The quantitative estimate of drug-likeness (QED) is 0.644. The lowest BCUT2D eigenvalue weighted by Crippen LogP contribution is -2.15. The molecule has 24 heavy (non-hydrogen) atoms. The lowest BCUT2D eigenvalue weighted by atomic mass is 10.1. The second kappa shape index (κ2) is 6.95. The maximum absolute atomic E-state index is 14.0. The van der Waals surface area contributed by atoms with E-state index >= 15 is 0 Å². The molecule has 0 saturated carbocycles. The average Bonchev–Trinajstić information content (AvgIpc) is 2.48. The third kappa shape index (κ3) is 3.78. The Balaban J connectivity index is 2.28. The first-order valence-electron chi connectivity index (χ1n) is 7.03. The topological polar surface area (TPSA) is 102 Å². The molecule has 126 valence electrons. The number of nitro benzene ring substituents is 1. The zero-order valence-corrected chi connectivity index (χ0v) is 12.9. The van der Waals surface area contributed by atoms with E-state index in [0.717, 1.165) is 12.1 Å². The summed E-state index contributed by atoms with van der Waals surface area (Å²) in [5, 5.41) is 22.8. The van der Waals surface area contributed by atoms with Gasteiger partial charge in [-0.05, 0) is 38.1 Å². The molecule has 0 unspecified atom stereocenters. The van der Waals surface area contributed by atoms with Crippen LogP contribution in [0, 0.1) is 15.9 Å². The minimum absolute atomic E-state index is 0.139. The van der Waals surface area contributed by atoms with E-state index in [1.54, 1.807) is 13.8 Å². The molecule has 8 heteroatoms. The largest absolute Gasteiger partial charge is 0.502 e. The van der Waals surface area contributed by atoms with Crippen LogP contribution in [0.3, 0.4) is 0 Å². The number of nitrogens with one attached hydrogen (secondary N) is 1. The highest BCUT2D eigenvalue weighted by molar-refractivity contribution is 6.07. The smallest absolute Gasteiger partial charge is 0.323 e. The molecule has 0 aliphatic carbocycles. The van der Waals surface area contributed by atoms with E-state index in [9.17, 15) is 24.4 Å². The summed E-state index contributed by atoms with van der Waals surface area (Å²) < 4.78 is 19.4. The Bertz CT molecular complexity index is 792. The van der Waals surface area contributed by atoms with E-state index in [0.29, 0.717) is 5.75 Å². The minimum atomic E-state index is -0.908. The molecule has 0 heterocycles. The van der Waals surface area contributed by atoms with Crippen LogP contribution < -0.4 is 10.1 Å². The van der Waals surface area contributed by atoms with Crippen molar-refractivity contribution in [2.24, 2.45) is 0 Å². The fourth-order valence-corrected chi connectivity index (χ4v) is 2.04. The molecular weight excluding hydrogens is 319 g/mol. The Kier molecular flexibility index (Phi) is 4.98. The number of phenolic OH excluding ortho intramolecular Hbond substituents is 1. The number of halogens is 1. The first-order valence-corrected chi connectivity index (χ1v) is 7.03. The van der Waals surface area contributed by atoms with Crippen molar-refractivity contribution in [2.45, 2.75) is 20.0 Å². The molecule has 0 bridgehead atoms. The number of carbonyl (C=O) groups is 1. The molecule has 0 fully saturated rings. The van der Waals surface area contributed by atoms with Gasteiger partial charge in [0.15, 0.2) is 5.75 Å². The van der Waals surface area contributed by atoms with Crippen LogP contribution in [0.15, 0.2) is 36.4 Å². The summed E-state index contributed by atoms with van der Waals surface area (Å²) in [4.78, 5) is 22.3. The van der Waals surface area contributed by atoms with Crippen LogP contribution in [0.2, 0.25) is 0 Å². The number of hydrogen-bond acceptors (Lipinski definition) is 5. The predicted octanol–water partition coefficient (Wildman–Crippen LogP) is 3.48. The van der Waals surface area contributed by atoms with Crippen molar-refractivity contribution in [2.75, 3.05) is 5.32 Å². The van der Waals surface area contributed by atoms with Gasteiger partial charge in [-0.15, -0.1) is 0 Å². The zero-order chi connectivity index (χ0) is 17.9. The van der Waals surface area contributed by atoms with Gasteiger partial charge in [0.2, 0.25) is 0 Å². The summed E-state index contributed by atoms with van der Waals surface area (Å²) in [5.41, 5.74) is -1.27. The first kappa shape index (κ1) is 17.2. The van der Waals surface area contributed by atoms with E-state index in [4.69, 9.17) is 4.74 Å². The third-order valence-corrected chi connectivity index (χ3v) is 3.00. The number of rotatable bonds is 5. The molecule has 0 aliphatic heterocycles. The molecule has 1 amide bonds. The number of phenols is 1. The molecule has 0 spiro atoms. The van der Waals surface area contributed by atoms with Gasteiger partial charge in [0, 0.05) is 6.07 Å². The standard InChI is InChI=1S/C16H15FN2O5/c1-9(2)24-10-6-7-13(12(17)8-10)18-16(21)11-4-3-5-14(20)15(11)19(22)23/h3-9,20H,1-2H3,(H,18,21). The van der Waals surface area contributed by atoms with E-state index in [1.807, 2.05) is 0 Å². The van der Waals surface area contributed by atoms with Crippen molar-refractivity contribution >= 4 is 17.3 Å². The first-order chi connectivity index (χ1) is 11.3. The van der Waals surface area contributed by atoms with Gasteiger partial charge < -0.3 is 15.2 Å². The third-order valence-electron chi connectivity index (χ3n) is 3.00.